The number of aromatic nitrogens is 3. The minimum Gasteiger partial charge on any atom is -0.310 e. The highest BCUT2D eigenvalue weighted by atomic mass is 19.1. The van der Waals surface area contributed by atoms with Crippen molar-refractivity contribution in [1.29, 1.82) is 0 Å². The number of para-hydroxylation sites is 4. The van der Waals surface area contributed by atoms with Crippen LogP contribution in [0.5, 0.6) is 0 Å². The standard InChI is InChI=1S/C49H35FN4/c1-49(2)40-19-8-11-22-44(40)54(46-29-38-37-18-7-10-21-43(37)53(45(38)30-41(46)49)33-14-4-3-5-15-33)34-16-12-13-31(27-34)47(50)32-23-24-35-36-17-6-9-20-42(36)52-26-25-51-48(52)39(35)28-32/h3-30,47H,1-2H3. The molecule has 0 bridgehead atoms. The van der Waals surface area contributed by atoms with Gasteiger partial charge in [0.1, 0.15) is 5.65 Å². The lowest BCUT2D eigenvalue weighted by Gasteiger charge is -2.42. The number of alkyl halides is 1. The largest absolute Gasteiger partial charge is 0.310 e. The number of nitrogens with zero attached hydrogens (tertiary/aromatic N) is 4. The molecule has 5 heteroatoms. The van der Waals surface area contributed by atoms with Crippen LogP contribution in [0.1, 0.15) is 42.3 Å². The Balaban J connectivity index is 1.10. The highest BCUT2D eigenvalue weighted by Gasteiger charge is 2.38. The molecule has 3 aromatic heterocycles. The van der Waals surface area contributed by atoms with E-state index in [0.29, 0.717) is 11.1 Å². The van der Waals surface area contributed by atoms with Crippen molar-refractivity contribution in [3.05, 3.63) is 192 Å². The average Bonchev–Trinajstić information content (AvgIpc) is 3.84. The first-order valence-corrected chi connectivity index (χ1v) is 18.5. The van der Waals surface area contributed by atoms with E-state index in [2.05, 4.69) is 143 Å². The molecule has 1 atom stereocenters. The van der Waals surface area contributed by atoms with Gasteiger partial charge in [0, 0.05) is 50.7 Å². The van der Waals surface area contributed by atoms with Gasteiger partial charge >= 0.3 is 0 Å². The molecular formula is C49H35FN4. The maximum absolute atomic E-state index is 17.0. The molecule has 7 aromatic carbocycles. The van der Waals surface area contributed by atoms with Gasteiger partial charge in [-0.3, -0.25) is 4.40 Å². The molecule has 4 heterocycles. The predicted octanol–water partition coefficient (Wildman–Crippen LogP) is 12.9. The Morgan fingerprint density at radius 2 is 1.22 bits per heavy atom. The monoisotopic (exact) mass is 698 g/mol. The van der Waals surface area contributed by atoms with E-state index in [0.717, 1.165) is 50.1 Å². The number of hydrogen-bond donors (Lipinski definition) is 0. The smallest absolute Gasteiger partial charge is 0.150 e. The maximum Gasteiger partial charge on any atom is 0.150 e. The fourth-order valence-electron chi connectivity index (χ4n) is 9.06. The van der Waals surface area contributed by atoms with Crippen LogP contribution in [0.2, 0.25) is 0 Å². The number of rotatable bonds is 4. The topological polar surface area (TPSA) is 25.5 Å². The molecule has 1 aliphatic heterocycles. The van der Waals surface area contributed by atoms with Gasteiger partial charge in [0.05, 0.1) is 27.9 Å². The van der Waals surface area contributed by atoms with Crippen LogP contribution in [0.4, 0.5) is 21.5 Å². The molecule has 54 heavy (non-hydrogen) atoms. The Kier molecular flexibility index (Phi) is 6.51. The molecule has 10 aromatic rings. The van der Waals surface area contributed by atoms with Gasteiger partial charge in [-0.15, -0.1) is 0 Å². The second-order valence-electron chi connectivity index (χ2n) is 15.0. The lowest BCUT2D eigenvalue weighted by Crippen LogP contribution is -2.30. The van der Waals surface area contributed by atoms with E-state index in [1.807, 2.05) is 54.9 Å². The first kappa shape index (κ1) is 30.9. The third-order valence-electron chi connectivity index (χ3n) is 11.6. The summed E-state index contributed by atoms with van der Waals surface area (Å²) in [6.45, 7) is 4.63. The van der Waals surface area contributed by atoms with E-state index in [9.17, 15) is 0 Å². The van der Waals surface area contributed by atoms with E-state index in [4.69, 9.17) is 4.98 Å². The molecular weight excluding hydrogens is 664 g/mol. The van der Waals surface area contributed by atoms with Crippen molar-refractivity contribution < 1.29 is 4.39 Å². The number of fused-ring (bicyclic) bond motifs is 11. The zero-order valence-corrected chi connectivity index (χ0v) is 29.9. The molecule has 0 saturated carbocycles. The minimum atomic E-state index is -1.34. The zero-order valence-electron chi connectivity index (χ0n) is 29.9. The zero-order chi connectivity index (χ0) is 36.1. The molecule has 1 unspecified atom stereocenters. The summed E-state index contributed by atoms with van der Waals surface area (Å²) in [4.78, 5) is 7.03. The van der Waals surface area contributed by atoms with E-state index >= 15 is 4.39 Å². The highest BCUT2D eigenvalue weighted by molar-refractivity contribution is 6.13. The third-order valence-corrected chi connectivity index (χ3v) is 11.6. The second-order valence-corrected chi connectivity index (χ2v) is 15.0. The van der Waals surface area contributed by atoms with Crippen LogP contribution in [0.15, 0.2) is 170 Å². The van der Waals surface area contributed by atoms with Crippen LogP contribution in [-0.2, 0) is 5.41 Å². The van der Waals surface area contributed by atoms with Gasteiger partial charge in [-0.2, -0.15) is 0 Å². The van der Waals surface area contributed by atoms with Crippen molar-refractivity contribution in [2.45, 2.75) is 25.4 Å². The first-order chi connectivity index (χ1) is 26.5. The Bertz CT molecular complexity index is 3120. The van der Waals surface area contributed by atoms with Crippen molar-refractivity contribution in [2.75, 3.05) is 4.90 Å². The number of pyridine rings is 1. The van der Waals surface area contributed by atoms with E-state index < -0.39 is 6.17 Å². The fourth-order valence-corrected chi connectivity index (χ4v) is 9.06. The van der Waals surface area contributed by atoms with E-state index in [-0.39, 0.29) is 5.41 Å². The number of anilines is 3. The van der Waals surface area contributed by atoms with Crippen molar-refractivity contribution in [1.82, 2.24) is 14.0 Å². The lowest BCUT2D eigenvalue weighted by atomic mass is 9.73. The summed E-state index contributed by atoms with van der Waals surface area (Å²) in [5, 5.41) is 5.51. The molecule has 0 amide bonds. The van der Waals surface area contributed by atoms with Crippen molar-refractivity contribution in [3.63, 3.8) is 0 Å². The predicted molar refractivity (Wildman–Crippen MR) is 221 cm³/mol. The first-order valence-electron chi connectivity index (χ1n) is 18.5. The SMILES string of the molecule is CC1(C)c2ccccc2N(c2cccc(C(F)c3ccc4c5ccccc5n5ccnc5c4c3)c2)c2cc3c4ccccc4n(-c4ccccc4)c3cc21. The summed E-state index contributed by atoms with van der Waals surface area (Å²) in [6, 6.07) is 54.9. The Morgan fingerprint density at radius 1 is 0.519 bits per heavy atom. The summed E-state index contributed by atoms with van der Waals surface area (Å²) >= 11 is 0. The molecule has 4 nitrogen and oxygen atoms in total. The fraction of sp³-hybridized carbons (Fsp3) is 0.0816. The Hall–Kier alpha value is -6.72. The normalized spacial score (nSPS) is 14.2. The van der Waals surface area contributed by atoms with Crippen LogP contribution in [0.25, 0.3) is 54.8 Å². The molecule has 0 spiro atoms. The third kappa shape index (κ3) is 4.32. The van der Waals surface area contributed by atoms with Gasteiger partial charge in [-0.25, -0.2) is 9.37 Å². The van der Waals surface area contributed by atoms with Crippen molar-refractivity contribution in [2.24, 2.45) is 0 Å². The quantitative estimate of drug-likeness (QED) is 0.171. The minimum absolute atomic E-state index is 0.289. The molecule has 11 rings (SSSR count). The Morgan fingerprint density at radius 3 is 2.07 bits per heavy atom. The molecule has 0 N–H and O–H groups in total. The summed E-state index contributed by atoms with van der Waals surface area (Å²) in [7, 11) is 0. The molecule has 0 aliphatic carbocycles. The van der Waals surface area contributed by atoms with Gasteiger partial charge in [-0.05, 0) is 88.3 Å². The van der Waals surface area contributed by atoms with E-state index in [1.54, 1.807) is 0 Å². The van der Waals surface area contributed by atoms with Crippen LogP contribution < -0.4 is 4.90 Å². The number of benzene rings is 7. The summed E-state index contributed by atoms with van der Waals surface area (Å²) in [5.41, 5.74) is 11.9. The number of hydrogen-bond acceptors (Lipinski definition) is 2. The molecule has 1 aliphatic rings. The summed E-state index contributed by atoms with van der Waals surface area (Å²) in [6.07, 6.45) is 2.45. The molecule has 0 fully saturated rings. The maximum atomic E-state index is 17.0. The van der Waals surface area contributed by atoms with Crippen LogP contribution in [0.3, 0.4) is 0 Å². The number of halogens is 1. The molecule has 0 radical (unpaired) electrons. The van der Waals surface area contributed by atoms with Gasteiger partial charge in [0.2, 0.25) is 0 Å². The average molecular weight is 699 g/mol. The van der Waals surface area contributed by atoms with Crippen molar-refractivity contribution in [3.8, 4) is 5.69 Å². The van der Waals surface area contributed by atoms with Crippen molar-refractivity contribution >= 4 is 66.2 Å². The molecule has 258 valence electrons. The molecule has 0 saturated heterocycles. The van der Waals surface area contributed by atoms with Crippen LogP contribution in [0, 0.1) is 0 Å². The van der Waals surface area contributed by atoms with Crippen LogP contribution >= 0.6 is 0 Å². The summed E-state index contributed by atoms with van der Waals surface area (Å²) in [5.74, 6) is 0. The van der Waals surface area contributed by atoms with Gasteiger partial charge in [0.15, 0.2) is 6.17 Å². The lowest BCUT2D eigenvalue weighted by molar-refractivity contribution is 0.402. The highest BCUT2D eigenvalue weighted by Crippen LogP contribution is 2.54. The van der Waals surface area contributed by atoms with E-state index in [1.165, 1.54) is 32.9 Å². The van der Waals surface area contributed by atoms with Gasteiger partial charge in [-0.1, -0.05) is 111 Å². The Labute approximate surface area is 312 Å². The van der Waals surface area contributed by atoms with Gasteiger partial charge in [0.25, 0.3) is 0 Å². The van der Waals surface area contributed by atoms with Gasteiger partial charge < -0.3 is 9.47 Å². The second kappa shape index (κ2) is 11.4. The van der Waals surface area contributed by atoms with Crippen LogP contribution in [-0.4, -0.2) is 14.0 Å². The summed E-state index contributed by atoms with van der Waals surface area (Å²) < 4.78 is 21.5. The number of imidazole rings is 1.